The normalized spacial score (nSPS) is 20.1. The third-order valence-corrected chi connectivity index (χ3v) is 6.17. The molecule has 4 heteroatoms. The molecule has 0 atom stereocenters. The van der Waals surface area contributed by atoms with E-state index in [1.165, 1.54) is 19.3 Å². The molecule has 150 valence electrons. The molecule has 1 fully saturated rings. The summed E-state index contributed by atoms with van der Waals surface area (Å²) < 4.78 is 5.60. The Labute approximate surface area is 164 Å². The first-order valence-corrected chi connectivity index (χ1v) is 10.3. The first-order chi connectivity index (χ1) is 12.8. The predicted molar refractivity (Wildman–Crippen MR) is 109 cm³/mol. The molecule has 1 N–H and O–H groups in total. The fourth-order valence-corrected chi connectivity index (χ4v) is 3.80. The minimum Gasteiger partial charge on any atom is -0.484 e. The molecular weight excluding hydrogens is 338 g/mol. The van der Waals surface area contributed by atoms with E-state index in [0.717, 1.165) is 30.7 Å². The van der Waals surface area contributed by atoms with E-state index in [0.29, 0.717) is 17.6 Å². The summed E-state index contributed by atoms with van der Waals surface area (Å²) in [4.78, 5) is 23.2. The van der Waals surface area contributed by atoms with Crippen LogP contribution in [-0.2, 0) is 16.0 Å². The molecule has 27 heavy (non-hydrogen) atoms. The molecule has 0 radical (unpaired) electrons. The van der Waals surface area contributed by atoms with Gasteiger partial charge in [-0.2, -0.15) is 0 Å². The summed E-state index contributed by atoms with van der Waals surface area (Å²) in [7, 11) is 0. The molecule has 0 spiro atoms. The number of carbonyl (C=O) groups excluding carboxylic acids is 2. The van der Waals surface area contributed by atoms with Gasteiger partial charge in [-0.25, -0.2) is 0 Å². The van der Waals surface area contributed by atoms with Crippen molar-refractivity contribution in [1.29, 1.82) is 0 Å². The number of ketones is 1. The average Bonchev–Trinajstić information content (AvgIpc) is 2.66. The summed E-state index contributed by atoms with van der Waals surface area (Å²) in [6, 6.07) is 7.90. The van der Waals surface area contributed by atoms with Gasteiger partial charge in [-0.3, -0.25) is 4.79 Å². The molecule has 1 amide bonds. The number of benzene rings is 1. The van der Waals surface area contributed by atoms with Crippen LogP contribution in [0.1, 0.15) is 71.8 Å². The Morgan fingerprint density at radius 1 is 1.11 bits per heavy atom. The number of rotatable bonds is 9. The molecule has 0 bridgehead atoms. The second kappa shape index (κ2) is 9.91. The topological polar surface area (TPSA) is 55.4 Å². The molecule has 2 rings (SSSR count). The highest BCUT2D eigenvalue weighted by Gasteiger charge is 2.32. The van der Waals surface area contributed by atoms with E-state index >= 15 is 0 Å². The van der Waals surface area contributed by atoms with E-state index < -0.39 is 0 Å². The molecule has 1 aliphatic carbocycles. The Morgan fingerprint density at radius 3 is 2.30 bits per heavy atom. The van der Waals surface area contributed by atoms with Crippen molar-refractivity contribution in [3.8, 4) is 5.75 Å². The fraction of sp³-hybridized carbons (Fsp3) is 0.652. The Hall–Kier alpha value is -1.84. The molecular formula is C23H35NO3. The van der Waals surface area contributed by atoms with Crippen LogP contribution in [0.5, 0.6) is 5.75 Å². The third-order valence-electron chi connectivity index (χ3n) is 6.17. The zero-order chi connectivity index (χ0) is 19.9. The van der Waals surface area contributed by atoms with Crippen molar-refractivity contribution >= 4 is 11.7 Å². The quantitative estimate of drug-likeness (QED) is 0.683. The lowest BCUT2D eigenvalue weighted by Gasteiger charge is -2.39. The van der Waals surface area contributed by atoms with Gasteiger partial charge in [0, 0.05) is 12.5 Å². The number of amides is 1. The number of nitrogens with one attached hydrogen (secondary N) is 1. The van der Waals surface area contributed by atoms with E-state index in [-0.39, 0.29) is 24.3 Å². The van der Waals surface area contributed by atoms with Crippen molar-refractivity contribution in [3.05, 3.63) is 29.8 Å². The SMILES string of the molecule is CCC(C)(C)C1CCC(NC(=O)COc2ccc(CCC(C)=O)cc2)CC1. The van der Waals surface area contributed by atoms with Crippen LogP contribution >= 0.6 is 0 Å². The van der Waals surface area contributed by atoms with Gasteiger partial charge in [0.05, 0.1) is 0 Å². The Morgan fingerprint density at radius 2 is 1.74 bits per heavy atom. The summed E-state index contributed by atoms with van der Waals surface area (Å²) in [5.41, 5.74) is 1.50. The molecule has 0 heterocycles. The van der Waals surface area contributed by atoms with Crippen molar-refractivity contribution in [3.63, 3.8) is 0 Å². The maximum Gasteiger partial charge on any atom is 0.258 e. The fourth-order valence-electron chi connectivity index (χ4n) is 3.80. The maximum atomic E-state index is 12.2. The second-order valence-corrected chi connectivity index (χ2v) is 8.59. The van der Waals surface area contributed by atoms with E-state index in [1.807, 2.05) is 24.3 Å². The lowest BCUT2D eigenvalue weighted by atomic mass is 9.69. The zero-order valence-corrected chi connectivity index (χ0v) is 17.3. The van der Waals surface area contributed by atoms with Crippen LogP contribution in [-0.4, -0.2) is 24.3 Å². The summed E-state index contributed by atoms with van der Waals surface area (Å²) in [6.07, 6.45) is 7.00. The molecule has 1 aromatic rings. The lowest BCUT2D eigenvalue weighted by molar-refractivity contribution is -0.124. The third kappa shape index (κ3) is 7.00. The van der Waals surface area contributed by atoms with Gasteiger partial charge in [0.25, 0.3) is 5.91 Å². The number of hydrogen-bond acceptors (Lipinski definition) is 3. The van der Waals surface area contributed by atoms with Crippen molar-refractivity contribution in [2.24, 2.45) is 11.3 Å². The Balaban J connectivity index is 1.70. The summed E-state index contributed by atoms with van der Waals surface area (Å²) in [5, 5.41) is 3.12. The van der Waals surface area contributed by atoms with Crippen LogP contribution in [0.2, 0.25) is 0 Å². The van der Waals surface area contributed by atoms with Crippen LogP contribution < -0.4 is 10.1 Å². The van der Waals surface area contributed by atoms with Gasteiger partial charge >= 0.3 is 0 Å². The minimum atomic E-state index is -0.0474. The van der Waals surface area contributed by atoms with E-state index in [1.54, 1.807) is 6.92 Å². The lowest BCUT2D eigenvalue weighted by Crippen LogP contribution is -2.41. The molecule has 1 aliphatic rings. The highest BCUT2D eigenvalue weighted by molar-refractivity contribution is 5.77. The summed E-state index contributed by atoms with van der Waals surface area (Å²) in [5.74, 6) is 1.59. The predicted octanol–water partition coefficient (Wildman–Crippen LogP) is 4.70. The molecule has 0 saturated heterocycles. The number of carbonyl (C=O) groups is 2. The highest BCUT2D eigenvalue weighted by atomic mass is 16.5. The molecule has 0 unspecified atom stereocenters. The van der Waals surface area contributed by atoms with Crippen LogP contribution in [0.15, 0.2) is 24.3 Å². The van der Waals surface area contributed by atoms with Gasteiger partial charge in [0.2, 0.25) is 0 Å². The van der Waals surface area contributed by atoms with Gasteiger partial charge in [-0.1, -0.05) is 39.3 Å². The summed E-state index contributed by atoms with van der Waals surface area (Å²) >= 11 is 0. The van der Waals surface area contributed by atoms with Crippen LogP contribution in [0.3, 0.4) is 0 Å². The Bertz CT molecular complexity index is 613. The molecule has 4 nitrogen and oxygen atoms in total. The van der Waals surface area contributed by atoms with Crippen molar-refractivity contribution in [1.82, 2.24) is 5.32 Å². The standard InChI is InChI=1S/C23H35NO3/c1-5-23(3,4)19-10-12-20(13-11-19)24-22(26)16-27-21-14-8-18(9-15-21)7-6-17(2)25/h8-9,14-15,19-20H,5-7,10-13,16H2,1-4H3,(H,24,26). The van der Waals surface area contributed by atoms with E-state index in [9.17, 15) is 9.59 Å². The number of aryl methyl sites for hydroxylation is 1. The molecule has 0 aliphatic heterocycles. The van der Waals surface area contributed by atoms with Crippen molar-refractivity contribution in [2.75, 3.05) is 6.61 Å². The highest BCUT2D eigenvalue weighted by Crippen LogP contribution is 2.40. The van der Waals surface area contributed by atoms with Gasteiger partial charge < -0.3 is 14.8 Å². The molecule has 1 aromatic carbocycles. The van der Waals surface area contributed by atoms with E-state index in [2.05, 4.69) is 26.1 Å². The zero-order valence-electron chi connectivity index (χ0n) is 17.3. The van der Waals surface area contributed by atoms with Crippen molar-refractivity contribution in [2.45, 2.75) is 78.7 Å². The number of hydrogen-bond donors (Lipinski definition) is 1. The van der Waals surface area contributed by atoms with Crippen LogP contribution in [0.25, 0.3) is 0 Å². The molecule has 1 saturated carbocycles. The van der Waals surface area contributed by atoms with Gasteiger partial charge in [0.15, 0.2) is 6.61 Å². The Kier molecular flexibility index (Phi) is 7.88. The molecule has 0 aromatic heterocycles. The smallest absolute Gasteiger partial charge is 0.258 e. The number of ether oxygens (including phenoxy) is 1. The maximum absolute atomic E-state index is 12.2. The first kappa shape index (κ1) is 21.5. The van der Waals surface area contributed by atoms with Gasteiger partial charge in [-0.15, -0.1) is 0 Å². The largest absolute Gasteiger partial charge is 0.484 e. The van der Waals surface area contributed by atoms with Crippen LogP contribution in [0, 0.1) is 11.3 Å². The van der Waals surface area contributed by atoms with Crippen molar-refractivity contribution < 1.29 is 14.3 Å². The van der Waals surface area contributed by atoms with Gasteiger partial charge in [-0.05, 0) is 68.1 Å². The van der Waals surface area contributed by atoms with E-state index in [4.69, 9.17) is 4.74 Å². The van der Waals surface area contributed by atoms with Gasteiger partial charge in [0.1, 0.15) is 11.5 Å². The average molecular weight is 374 g/mol. The second-order valence-electron chi connectivity index (χ2n) is 8.59. The van der Waals surface area contributed by atoms with Crippen LogP contribution in [0.4, 0.5) is 0 Å². The first-order valence-electron chi connectivity index (χ1n) is 10.3. The summed E-state index contributed by atoms with van der Waals surface area (Å²) in [6.45, 7) is 8.63. The number of Topliss-reactive ketones (excluding diaryl/α,β-unsaturated/α-hetero) is 1. The minimum absolute atomic E-state index is 0.0474. The monoisotopic (exact) mass is 373 g/mol.